The van der Waals surface area contributed by atoms with E-state index >= 15 is 0 Å². The number of hydrogen-bond acceptors (Lipinski definition) is 1. The van der Waals surface area contributed by atoms with Crippen molar-refractivity contribution < 1.29 is 4.39 Å². The Morgan fingerprint density at radius 3 is 2.41 bits per heavy atom. The molecule has 0 unspecified atom stereocenters. The normalized spacial score (nSPS) is 18.9. The number of nitrogens with two attached hydrogens (primary N) is 1. The summed E-state index contributed by atoms with van der Waals surface area (Å²) in [6.45, 7) is 4.83. The Kier molecular flexibility index (Phi) is 3.53. The van der Waals surface area contributed by atoms with E-state index in [0.717, 1.165) is 24.0 Å². The summed E-state index contributed by atoms with van der Waals surface area (Å²) < 4.78 is 13.7. The fourth-order valence-corrected chi connectivity index (χ4v) is 2.91. The minimum absolute atomic E-state index is 0.0335. The Morgan fingerprint density at radius 1 is 1.24 bits per heavy atom. The minimum atomic E-state index is -0.120. The van der Waals surface area contributed by atoms with Gasteiger partial charge in [0, 0.05) is 12.0 Å². The van der Waals surface area contributed by atoms with Crippen LogP contribution in [0.4, 0.5) is 4.39 Å². The molecule has 0 saturated heterocycles. The molecule has 0 heterocycles. The third kappa shape index (κ3) is 2.37. The maximum Gasteiger partial charge on any atom is 0.123 e. The second kappa shape index (κ2) is 4.77. The summed E-state index contributed by atoms with van der Waals surface area (Å²) in [4.78, 5) is 0. The molecule has 0 amide bonds. The summed E-state index contributed by atoms with van der Waals surface area (Å²) in [5.74, 6) is 0.242. The largest absolute Gasteiger partial charge is 0.330 e. The van der Waals surface area contributed by atoms with Gasteiger partial charge < -0.3 is 5.73 Å². The Labute approximate surface area is 103 Å². The molecular formula is C15H22FN. The predicted octanol–water partition coefficient (Wildman–Crippen LogP) is 3.72. The first-order valence-corrected chi connectivity index (χ1v) is 6.58. The van der Waals surface area contributed by atoms with Crippen molar-refractivity contribution in [2.75, 3.05) is 6.54 Å². The van der Waals surface area contributed by atoms with E-state index < -0.39 is 0 Å². The summed E-state index contributed by atoms with van der Waals surface area (Å²) in [7, 11) is 0. The van der Waals surface area contributed by atoms with E-state index in [1.54, 1.807) is 12.1 Å². The molecule has 1 saturated carbocycles. The highest BCUT2D eigenvalue weighted by Gasteiger charge is 2.34. The van der Waals surface area contributed by atoms with Crippen molar-refractivity contribution in [1.82, 2.24) is 0 Å². The van der Waals surface area contributed by atoms with E-state index in [1.807, 2.05) is 0 Å². The minimum Gasteiger partial charge on any atom is -0.330 e. The lowest BCUT2D eigenvalue weighted by atomic mass is 9.78. The van der Waals surface area contributed by atoms with Crippen LogP contribution in [0, 0.1) is 5.82 Å². The van der Waals surface area contributed by atoms with Gasteiger partial charge in [-0.2, -0.15) is 0 Å². The Hall–Kier alpha value is -0.890. The maximum absolute atomic E-state index is 13.7. The summed E-state index contributed by atoms with van der Waals surface area (Å²) in [5, 5.41) is 0. The van der Waals surface area contributed by atoms with Gasteiger partial charge in [-0.25, -0.2) is 4.39 Å². The summed E-state index contributed by atoms with van der Waals surface area (Å²) in [5.41, 5.74) is 8.18. The zero-order chi connectivity index (χ0) is 12.5. The van der Waals surface area contributed by atoms with E-state index in [4.69, 9.17) is 5.73 Å². The standard InChI is InChI=1S/C15H22FN/c1-11(2)12-7-13(9-14(16)8-12)15(10-17)5-3-4-6-15/h7-9,11H,3-6,10,17H2,1-2H3. The van der Waals surface area contributed by atoms with E-state index in [0.29, 0.717) is 12.5 Å². The predicted molar refractivity (Wildman–Crippen MR) is 69.7 cm³/mol. The molecule has 0 spiro atoms. The van der Waals surface area contributed by atoms with Crippen molar-refractivity contribution in [1.29, 1.82) is 0 Å². The van der Waals surface area contributed by atoms with Crippen molar-refractivity contribution >= 4 is 0 Å². The maximum atomic E-state index is 13.7. The van der Waals surface area contributed by atoms with Gasteiger partial charge in [-0.05, 0) is 42.0 Å². The molecule has 94 valence electrons. The summed E-state index contributed by atoms with van der Waals surface area (Å²) in [6.07, 6.45) is 4.63. The van der Waals surface area contributed by atoms with E-state index in [1.165, 1.54) is 12.8 Å². The molecule has 0 bridgehead atoms. The molecule has 1 aliphatic rings. The van der Waals surface area contributed by atoms with Gasteiger partial charge in [-0.1, -0.05) is 32.8 Å². The lowest BCUT2D eigenvalue weighted by molar-refractivity contribution is 0.448. The number of rotatable bonds is 3. The van der Waals surface area contributed by atoms with E-state index in [2.05, 4.69) is 19.9 Å². The molecular weight excluding hydrogens is 213 g/mol. The highest BCUT2D eigenvalue weighted by molar-refractivity contribution is 5.33. The fraction of sp³-hybridized carbons (Fsp3) is 0.600. The zero-order valence-corrected chi connectivity index (χ0v) is 10.8. The van der Waals surface area contributed by atoms with Crippen LogP contribution in [-0.2, 0) is 5.41 Å². The Bertz CT molecular complexity index is 392. The quantitative estimate of drug-likeness (QED) is 0.849. The van der Waals surface area contributed by atoms with Gasteiger partial charge in [-0.3, -0.25) is 0 Å². The second-order valence-electron chi connectivity index (χ2n) is 5.62. The topological polar surface area (TPSA) is 26.0 Å². The Balaban J connectivity index is 2.43. The van der Waals surface area contributed by atoms with Crippen LogP contribution < -0.4 is 5.73 Å². The van der Waals surface area contributed by atoms with Crippen LogP contribution in [0.2, 0.25) is 0 Å². The fourth-order valence-electron chi connectivity index (χ4n) is 2.91. The van der Waals surface area contributed by atoms with Crippen LogP contribution in [-0.4, -0.2) is 6.54 Å². The number of halogens is 1. The highest BCUT2D eigenvalue weighted by atomic mass is 19.1. The molecule has 2 N–H and O–H groups in total. The SMILES string of the molecule is CC(C)c1cc(F)cc(C2(CN)CCCC2)c1. The van der Waals surface area contributed by atoms with E-state index in [-0.39, 0.29) is 11.2 Å². The smallest absolute Gasteiger partial charge is 0.123 e. The van der Waals surface area contributed by atoms with Gasteiger partial charge in [0.1, 0.15) is 5.82 Å². The first kappa shape index (κ1) is 12.6. The molecule has 1 aromatic rings. The van der Waals surface area contributed by atoms with Gasteiger partial charge in [0.2, 0.25) is 0 Å². The molecule has 1 aliphatic carbocycles. The lowest BCUT2D eigenvalue weighted by Crippen LogP contribution is -2.32. The number of benzene rings is 1. The third-order valence-electron chi connectivity index (χ3n) is 4.15. The van der Waals surface area contributed by atoms with Gasteiger partial charge in [0.25, 0.3) is 0 Å². The summed E-state index contributed by atoms with van der Waals surface area (Å²) >= 11 is 0. The average Bonchev–Trinajstić information content (AvgIpc) is 2.78. The third-order valence-corrected chi connectivity index (χ3v) is 4.15. The van der Waals surface area contributed by atoms with Gasteiger partial charge >= 0.3 is 0 Å². The molecule has 0 atom stereocenters. The van der Waals surface area contributed by atoms with Crippen molar-refractivity contribution in [2.45, 2.75) is 50.9 Å². The average molecular weight is 235 g/mol. The molecule has 1 aromatic carbocycles. The Morgan fingerprint density at radius 2 is 1.88 bits per heavy atom. The van der Waals surface area contributed by atoms with E-state index in [9.17, 15) is 4.39 Å². The molecule has 2 heteroatoms. The second-order valence-corrected chi connectivity index (χ2v) is 5.62. The molecule has 17 heavy (non-hydrogen) atoms. The molecule has 0 aromatic heterocycles. The van der Waals surface area contributed by atoms with Crippen LogP contribution in [0.3, 0.4) is 0 Å². The molecule has 0 radical (unpaired) electrons. The highest BCUT2D eigenvalue weighted by Crippen LogP contribution is 2.41. The van der Waals surface area contributed by atoms with Crippen LogP contribution in [0.1, 0.15) is 56.6 Å². The number of hydrogen-bond donors (Lipinski definition) is 1. The van der Waals surface area contributed by atoms with Crippen molar-refractivity contribution in [3.8, 4) is 0 Å². The lowest BCUT2D eigenvalue weighted by Gasteiger charge is -2.28. The van der Waals surface area contributed by atoms with Gasteiger partial charge in [0.15, 0.2) is 0 Å². The van der Waals surface area contributed by atoms with Crippen LogP contribution in [0.5, 0.6) is 0 Å². The van der Waals surface area contributed by atoms with Crippen molar-refractivity contribution in [3.05, 3.63) is 35.1 Å². The molecule has 1 fully saturated rings. The monoisotopic (exact) mass is 235 g/mol. The van der Waals surface area contributed by atoms with Crippen molar-refractivity contribution in [2.24, 2.45) is 5.73 Å². The molecule has 0 aliphatic heterocycles. The van der Waals surface area contributed by atoms with Gasteiger partial charge in [0.05, 0.1) is 0 Å². The first-order chi connectivity index (χ1) is 8.07. The molecule has 2 rings (SSSR count). The van der Waals surface area contributed by atoms with Crippen LogP contribution in [0.25, 0.3) is 0 Å². The van der Waals surface area contributed by atoms with Gasteiger partial charge in [-0.15, -0.1) is 0 Å². The van der Waals surface area contributed by atoms with Crippen molar-refractivity contribution in [3.63, 3.8) is 0 Å². The van der Waals surface area contributed by atoms with Crippen LogP contribution >= 0.6 is 0 Å². The van der Waals surface area contributed by atoms with Crippen LogP contribution in [0.15, 0.2) is 18.2 Å². The summed E-state index contributed by atoms with van der Waals surface area (Å²) in [6, 6.07) is 5.49. The molecule has 1 nitrogen and oxygen atoms in total. The zero-order valence-electron chi connectivity index (χ0n) is 10.8. The first-order valence-electron chi connectivity index (χ1n) is 6.58.